The molecule has 0 saturated carbocycles. The quantitative estimate of drug-likeness (QED) is 0.488. The highest BCUT2D eigenvalue weighted by Gasteiger charge is 2.16. The van der Waals surface area contributed by atoms with Gasteiger partial charge in [-0.25, -0.2) is 0 Å². The Morgan fingerprint density at radius 2 is 1.78 bits per heavy atom. The molecule has 0 aliphatic heterocycles. The van der Waals surface area contributed by atoms with Crippen molar-refractivity contribution in [1.82, 2.24) is 0 Å². The van der Waals surface area contributed by atoms with Gasteiger partial charge in [-0.15, -0.1) is 0 Å². The molecule has 0 unspecified atom stereocenters. The van der Waals surface area contributed by atoms with E-state index in [2.05, 4.69) is 4.99 Å². The first-order valence-electron chi connectivity index (χ1n) is 5.23. The van der Waals surface area contributed by atoms with Crippen LogP contribution in [0, 0.1) is 11.1 Å². The van der Waals surface area contributed by atoms with Crippen molar-refractivity contribution in [3.63, 3.8) is 0 Å². The minimum absolute atomic E-state index is 0.0728. The molecule has 0 saturated heterocycles. The van der Waals surface area contributed by atoms with E-state index in [1.54, 1.807) is 0 Å². The van der Waals surface area contributed by atoms with E-state index in [1.165, 1.54) is 44.3 Å². The monoisotopic (exact) mass is 249 g/mol. The smallest absolute Gasteiger partial charge is 0.145 e. The molecule has 6 heteroatoms. The molecule has 6 nitrogen and oxygen atoms in total. The highest BCUT2D eigenvalue weighted by Crippen LogP contribution is 2.18. The maximum atomic E-state index is 11.2. The number of carbonyl (C=O) groups excluding carboxylic acids is 2. The third kappa shape index (κ3) is 3.76. The van der Waals surface area contributed by atoms with Gasteiger partial charge in [0.25, 0.3) is 0 Å². The largest absolute Gasteiger partial charge is 0.733 e. The SMILES string of the molecule is CC(=O)C(C=Nc1ccc(N([O-])O)cc1)C(C)=O. The third-order valence-electron chi connectivity index (χ3n) is 2.32. The lowest BCUT2D eigenvalue weighted by molar-refractivity contribution is -0.127. The normalized spacial score (nSPS) is 10.9. The van der Waals surface area contributed by atoms with Crippen LogP contribution in [0.25, 0.3) is 0 Å². The maximum Gasteiger partial charge on any atom is 0.145 e. The van der Waals surface area contributed by atoms with E-state index >= 15 is 0 Å². The number of benzene rings is 1. The summed E-state index contributed by atoms with van der Waals surface area (Å²) < 4.78 is 0. The third-order valence-corrected chi connectivity index (χ3v) is 2.32. The fourth-order valence-corrected chi connectivity index (χ4v) is 1.32. The van der Waals surface area contributed by atoms with E-state index < -0.39 is 5.92 Å². The van der Waals surface area contributed by atoms with Crippen LogP contribution in [0.3, 0.4) is 0 Å². The first-order chi connectivity index (χ1) is 8.41. The topological polar surface area (TPSA) is 93.0 Å². The number of hydrogen-bond acceptors (Lipinski definition) is 6. The summed E-state index contributed by atoms with van der Waals surface area (Å²) in [6, 6.07) is 5.72. The minimum atomic E-state index is -0.849. The molecule has 0 aliphatic rings. The van der Waals surface area contributed by atoms with Crippen LogP contribution in [0.4, 0.5) is 11.4 Å². The van der Waals surface area contributed by atoms with E-state index in [4.69, 9.17) is 5.21 Å². The number of rotatable bonds is 5. The molecule has 0 fully saturated rings. The molecule has 1 aromatic carbocycles. The van der Waals surface area contributed by atoms with Crippen molar-refractivity contribution in [2.75, 3.05) is 5.23 Å². The molecule has 0 atom stereocenters. The van der Waals surface area contributed by atoms with Gasteiger partial charge in [-0.3, -0.25) is 19.8 Å². The lowest BCUT2D eigenvalue weighted by atomic mass is 10.0. The molecule has 0 aliphatic carbocycles. The van der Waals surface area contributed by atoms with Crippen LogP contribution in [-0.2, 0) is 9.59 Å². The first-order valence-corrected chi connectivity index (χ1v) is 5.23. The van der Waals surface area contributed by atoms with Gasteiger partial charge in [-0.2, -0.15) is 0 Å². The Labute approximate surface area is 104 Å². The number of nitrogens with zero attached hydrogens (tertiary/aromatic N) is 2. The minimum Gasteiger partial charge on any atom is -0.733 e. The number of carbonyl (C=O) groups is 2. The maximum absolute atomic E-state index is 11.2. The standard InChI is InChI=1S/C12H13N2O4/c1-8(15)12(9(2)16)7-13-10-3-5-11(6-4-10)14(17)18/h3-7,12,17H,1-2H3/q-1. The van der Waals surface area contributed by atoms with Crippen molar-refractivity contribution in [3.8, 4) is 0 Å². The average Bonchev–Trinajstić information content (AvgIpc) is 2.28. The fraction of sp³-hybridized carbons (Fsp3) is 0.250. The molecule has 1 rings (SSSR count). The second kappa shape index (κ2) is 6.04. The summed E-state index contributed by atoms with van der Waals surface area (Å²) in [4.78, 5) is 26.3. The van der Waals surface area contributed by atoms with Crippen LogP contribution < -0.4 is 5.23 Å². The van der Waals surface area contributed by atoms with E-state index in [-0.39, 0.29) is 22.5 Å². The number of aliphatic imine (C=N–C) groups is 1. The van der Waals surface area contributed by atoms with Crippen LogP contribution in [0.2, 0.25) is 0 Å². The molecule has 18 heavy (non-hydrogen) atoms. The van der Waals surface area contributed by atoms with E-state index in [0.717, 1.165) is 0 Å². The van der Waals surface area contributed by atoms with E-state index in [0.29, 0.717) is 5.69 Å². The van der Waals surface area contributed by atoms with E-state index in [1.807, 2.05) is 0 Å². The van der Waals surface area contributed by atoms with Crippen molar-refractivity contribution in [2.24, 2.45) is 10.9 Å². The van der Waals surface area contributed by atoms with Crippen LogP contribution in [0.15, 0.2) is 29.3 Å². The Hall–Kier alpha value is -2.05. The van der Waals surface area contributed by atoms with Crippen molar-refractivity contribution < 1.29 is 14.8 Å². The van der Waals surface area contributed by atoms with Gasteiger partial charge >= 0.3 is 0 Å². The molecule has 0 spiro atoms. The highest BCUT2D eigenvalue weighted by molar-refractivity contribution is 6.13. The van der Waals surface area contributed by atoms with Crippen molar-refractivity contribution in [2.45, 2.75) is 13.8 Å². The number of hydrogen-bond donors (Lipinski definition) is 1. The second-order valence-electron chi connectivity index (χ2n) is 3.77. The van der Waals surface area contributed by atoms with E-state index in [9.17, 15) is 14.8 Å². The van der Waals surface area contributed by atoms with Gasteiger partial charge in [0.15, 0.2) is 0 Å². The van der Waals surface area contributed by atoms with Crippen molar-refractivity contribution in [3.05, 3.63) is 29.5 Å². The van der Waals surface area contributed by atoms with Crippen LogP contribution in [0.5, 0.6) is 0 Å². The first kappa shape index (κ1) is 14.0. The molecule has 0 aromatic heterocycles. The summed E-state index contributed by atoms with van der Waals surface area (Å²) in [5.74, 6) is -1.40. The Morgan fingerprint density at radius 3 is 2.17 bits per heavy atom. The summed E-state index contributed by atoms with van der Waals surface area (Å²) >= 11 is 0. The molecule has 0 heterocycles. The molecule has 96 valence electrons. The zero-order chi connectivity index (χ0) is 13.7. The molecular weight excluding hydrogens is 236 g/mol. The summed E-state index contributed by atoms with van der Waals surface area (Å²) in [6.45, 7) is 2.64. The van der Waals surface area contributed by atoms with Gasteiger partial charge in [0.1, 0.15) is 17.5 Å². The van der Waals surface area contributed by atoms with Gasteiger partial charge in [0, 0.05) is 6.21 Å². The Bertz CT molecular complexity index is 451. The Kier molecular flexibility index (Phi) is 4.70. The zero-order valence-electron chi connectivity index (χ0n) is 10.0. The highest BCUT2D eigenvalue weighted by atomic mass is 16.8. The molecule has 0 radical (unpaired) electrons. The van der Waals surface area contributed by atoms with Crippen LogP contribution in [0.1, 0.15) is 13.8 Å². The summed E-state index contributed by atoms with van der Waals surface area (Å²) in [7, 11) is 0. The van der Waals surface area contributed by atoms with Gasteiger partial charge in [-0.05, 0) is 38.1 Å². The summed E-state index contributed by atoms with van der Waals surface area (Å²) in [5.41, 5.74) is 0.553. The molecule has 0 amide bonds. The number of ketones is 2. The molecular formula is C12H13N2O4-. The predicted molar refractivity (Wildman–Crippen MR) is 67.1 cm³/mol. The second-order valence-corrected chi connectivity index (χ2v) is 3.77. The Morgan fingerprint density at radius 1 is 1.28 bits per heavy atom. The fourth-order valence-electron chi connectivity index (χ4n) is 1.32. The van der Waals surface area contributed by atoms with Crippen molar-refractivity contribution >= 4 is 29.2 Å². The molecule has 1 aromatic rings. The average molecular weight is 249 g/mol. The summed E-state index contributed by atoms with van der Waals surface area (Å²) in [5, 5.41) is 18.9. The summed E-state index contributed by atoms with van der Waals surface area (Å²) in [6.07, 6.45) is 1.27. The lowest BCUT2D eigenvalue weighted by Crippen LogP contribution is -2.20. The van der Waals surface area contributed by atoms with Crippen LogP contribution >= 0.6 is 0 Å². The van der Waals surface area contributed by atoms with Crippen LogP contribution in [-0.4, -0.2) is 23.0 Å². The van der Waals surface area contributed by atoms with Gasteiger partial charge in [0.2, 0.25) is 0 Å². The molecule has 1 N–H and O–H groups in total. The van der Waals surface area contributed by atoms with Gasteiger partial charge in [-0.1, -0.05) is 0 Å². The predicted octanol–water partition coefficient (Wildman–Crippen LogP) is 1.88. The lowest BCUT2D eigenvalue weighted by Gasteiger charge is -2.21. The zero-order valence-corrected chi connectivity index (χ0v) is 10.0. The van der Waals surface area contributed by atoms with Gasteiger partial charge < -0.3 is 10.4 Å². The Balaban J connectivity index is 2.83. The number of anilines is 1. The van der Waals surface area contributed by atoms with Gasteiger partial charge in [0.05, 0.1) is 11.4 Å². The number of Topliss-reactive ketones (excluding diaryl/α,β-unsaturated/α-hetero) is 2. The molecule has 0 bridgehead atoms. The van der Waals surface area contributed by atoms with Crippen molar-refractivity contribution in [1.29, 1.82) is 0 Å².